The third-order valence-electron chi connectivity index (χ3n) is 2.89. The normalized spacial score (nSPS) is 10.7. The predicted molar refractivity (Wildman–Crippen MR) is 83.0 cm³/mol. The summed E-state index contributed by atoms with van der Waals surface area (Å²) in [6, 6.07) is 7.37. The second-order valence-corrected chi connectivity index (χ2v) is 4.64. The summed E-state index contributed by atoms with van der Waals surface area (Å²) >= 11 is 0. The van der Waals surface area contributed by atoms with Gasteiger partial charge in [-0.2, -0.15) is 5.26 Å². The molecule has 1 aromatic rings. The highest BCUT2D eigenvalue weighted by atomic mass is 16.5. The number of carbonyl (C=O) groups is 1. The summed E-state index contributed by atoms with van der Waals surface area (Å²) in [5, 5.41) is 14.7. The number of nitrogens with one attached hydrogen (secondary N) is 2. The first-order chi connectivity index (χ1) is 10.1. The molecule has 0 aromatic heterocycles. The number of methoxy groups -OCH3 is 1. The van der Waals surface area contributed by atoms with E-state index in [1.165, 1.54) is 13.3 Å². The summed E-state index contributed by atoms with van der Waals surface area (Å²) in [6.45, 7) is 4.73. The number of carbonyl (C=O) groups excluding carboxylic acids is 1. The Hall–Kier alpha value is -2.48. The highest BCUT2D eigenvalue weighted by molar-refractivity contribution is 6.07. The minimum Gasteiger partial charge on any atom is -0.495 e. The van der Waals surface area contributed by atoms with Gasteiger partial charge in [0.25, 0.3) is 5.91 Å². The number of benzene rings is 1. The van der Waals surface area contributed by atoms with Gasteiger partial charge in [0.2, 0.25) is 0 Å². The number of aryl methyl sites for hydroxylation is 1. The summed E-state index contributed by atoms with van der Waals surface area (Å²) in [7, 11) is 1.54. The lowest BCUT2D eigenvalue weighted by Crippen LogP contribution is -2.17. The van der Waals surface area contributed by atoms with E-state index >= 15 is 0 Å². The van der Waals surface area contributed by atoms with Gasteiger partial charge in [0, 0.05) is 12.7 Å². The zero-order valence-electron chi connectivity index (χ0n) is 12.7. The third kappa shape index (κ3) is 5.19. The Kier molecular flexibility index (Phi) is 6.82. The van der Waals surface area contributed by atoms with Crippen molar-refractivity contribution in [1.82, 2.24) is 5.32 Å². The number of nitrogens with zero attached hydrogens (tertiary/aromatic N) is 1. The Balaban J connectivity index is 2.79. The topological polar surface area (TPSA) is 74.2 Å². The molecule has 0 saturated heterocycles. The van der Waals surface area contributed by atoms with Crippen molar-refractivity contribution in [3.05, 3.63) is 35.5 Å². The van der Waals surface area contributed by atoms with E-state index in [4.69, 9.17) is 10.00 Å². The van der Waals surface area contributed by atoms with Crippen molar-refractivity contribution in [2.24, 2.45) is 0 Å². The van der Waals surface area contributed by atoms with E-state index in [-0.39, 0.29) is 5.57 Å². The van der Waals surface area contributed by atoms with E-state index in [0.717, 1.165) is 24.9 Å². The van der Waals surface area contributed by atoms with Crippen LogP contribution in [0.4, 0.5) is 5.69 Å². The predicted octanol–water partition coefficient (Wildman–Crippen LogP) is 2.74. The lowest BCUT2D eigenvalue weighted by Gasteiger charge is -2.10. The lowest BCUT2D eigenvalue weighted by atomic mass is 10.2. The molecular weight excluding hydrogens is 266 g/mol. The zero-order chi connectivity index (χ0) is 15.7. The molecule has 0 bridgehead atoms. The number of hydrogen-bond donors (Lipinski definition) is 2. The van der Waals surface area contributed by atoms with Crippen molar-refractivity contribution in [3.8, 4) is 11.8 Å². The number of amides is 1. The van der Waals surface area contributed by atoms with E-state index in [1.807, 2.05) is 19.1 Å². The Morgan fingerprint density at radius 3 is 2.86 bits per heavy atom. The largest absolute Gasteiger partial charge is 0.495 e. The highest BCUT2D eigenvalue weighted by Crippen LogP contribution is 2.25. The van der Waals surface area contributed by atoms with E-state index in [9.17, 15) is 4.79 Å². The van der Waals surface area contributed by atoms with Gasteiger partial charge in [0.1, 0.15) is 17.4 Å². The molecule has 0 aliphatic heterocycles. The number of anilines is 1. The van der Waals surface area contributed by atoms with Crippen molar-refractivity contribution >= 4 is 11.6 Å². The molecule has 0 fully saturated rings. The molecule has 1 rings (SSSR count). The van der Waals surface area contributed by atoms with E-state index < -0.39 is 5.91 Å². The van der Waals surface area contributed by atoms with Gasteiger partial charge in [0.15, 0.2) is 0 Å². The number of nitriles is 1. The molecule has 5 heteroatoms. The van der Waals surface area contributed by atoms with Crippen LogP contribution in [-0.4, -0.2) is 19.6 Å². The summed E-state index contributed by atoms with van der Waals surface area (Å²) in [5.74, 6) is 0.107. The van der Waals surface area contributed by atoms with Crippen molar-refractivity contribution in [3.63, 3.8) is 0 Å². The average Bonchev–Trinajstić information content (AvgIpc) is 2.47. The summed E-state index contributed by atoms with van der Waals surface area (Å²) in [6.07, 6.45) is 3.49. The lowest BCUT2D eigenvalue weighted by molar-refractivity contribution is -0.112. The van der Waals surface area contributed by atoms with Gasteiger partial charge >= 0.3 is 0 Å². The van der Waals surface area contributed by atoms with Crippen LogP contribution in [0.15, 0.2) is 30.0 Å². The quantitative estimate of drug-likeness (QED) is 0.459. The minimum absolute atomic E-state index is 0.0367. The fourth-order valence-electron chi connectivity index (χ4n) is 1.71. The Bertz CT molecular complexity index is 559. The molecule has 0 spiro atoms. The van der Waals surface area contributed by atoms with E-state index in [0.29, 0.717) is 11.4 Å². The summed E-state index contributed by atoms with van der Waals surface area (Å²) < 4.78 is 5.19. The van der Waals surface area contributed by atoms with Crippen molar-refractivity contribution in [1.29, 1.82) is 5.26 Å². The van der Waals surface area contributed by atoms with Crippen molar-refractivity contribution in [2.75, 3.05) is 19.0 Å². The first-order valence-corrected chi connectivity index (χ1v) is 6.92. The van der Waals surface area contributed by atoms with Gasteiger partial charge in [-0.3, -0.25) is 4.79 Å². The highest BCUT2D eigenvalue weighted by Gasteiger charge is 2.12. The maximum atomic E-state index is 12.1. The van der Waals surface area contributed by atoms with Crippen LogP contribution in [0.2, 0.25) is 0 Å². The maximum absolute atomic E-state index is 12.1. The standard InChI is InChI=1S/C16H21N3O2/c1-4-5-8-18-11-13(10-17)16(20)19-14-9-12(2)6-7-15(14)21-3/h6-7,9,11,18H,4-5,8H2,1-3H3,(H,19,20)/b13-11-. The van der Waals surface area contributed by atoms with Gasteiger partial charge < -0.3 is 15.4 Å². The average molecular weight is 287 g/mol. The molecule has 1 aromatic carbocycles. The molecule has 1 amide bonds. The van der Waals surface area contributed by atoms with Crippen LogP contribution >= 0.6 is 0 Å². The van der Waals surface area contributed by atoms with Gasteiger partial charge in [-0.05, 0) is 31.0 Å². The number of ether oxygens (including phenoxy) is 1. The van der Waals surface area contributed by atoms with E-state index in [2.05, 4.69) is 17.6 Å². The van der Waals surface area contributed by atoms with Crippen LogP contribution in [0, 0.1) is 18.3 Å². The first kappa shape index (κ1) is 16.6. The number of rotatable bonds is 7. The maximum Gasteiger partial charge on any atom is 0.267 e. The Morgan fingerprint density at radius 2 is 2.24 bits per heavy atom. The summed E-state index contributed by atoms with van der Waals surface area (Å²) in [4.78, 5) is 12.1. The zero-order valence-corrected chi connectivity index (χ0v) is 12.7. The Morgan fingerprint density at radius 1 is 1.48 bits per heavy atom. The van der Waals surface area contributed by atoms with Crippen LogP contribution in [0.5, 0.6) is 5.75 Å². The molecule has 0 radical (unpaired) electrons. The van der Waals surface area contributed by atoms with Crippen LogP contribution in [-0.2, 0) is 4.79 Å². The fourth-order valence-corrected chi connectivity index (χ4v) is 1.71. The van der Waals surface area contributed by atoms with E-state index in [1.54, 1.807) is 12.1 Å². The molecule has 0 atom stereocenters. The molecule has 0 unspecified atom stereocenters. The van der Waals surface area contributed by atoms with Gasteiger partial charge in [0.05, 0.1) is 12.8 Å². The second-order valence-electron chi connectivity index (χ2n) is 4.64. The first-order valence-electron chi connectivity index (χ1n) is 6.92. The number of hydrogen-bond acceptors (Lipinski definition) is 4. The molecule has 0 aliphatic carbocycles. The molecule has 112 valence electrons. The third-order valence-corrected chi connectivity index (χ3v) is 2.89. The Labute approximate surface area is 125 Å². The molecule has 0 saturated carbocycles. The summed E-state index contributed by atoms with van der Waals surface area (Å²) in [5.41, 5.74) is 1.58. The smallest absolute Gasteiger partial charge is 0.267 e. The van der Waals surface area contributed by atoms with Crippen molar-refractivity contribution in [2.45, 2.75) is 26.7 Å². The monoisotopic (exact) mass is 287 g/mol. The molecule has 2 N–H and O–H groups in total. The molecular formula is C16H21N3O2. The van der Waals surface area contributed by atoms with Gasteiger partial charge in [-0.1, -0.05) is 19.4 Å². The number of unbranched alkanes of at least 4 members (excludes halogenated alkanes) is 1. The SMILES string of the molecule is CCCCN/C=C(/C#N)C(=O)Nc1cc(C)ccc1OC. The van der Waals surface area contributed by atoms with Crippen molar-refractivity contribution < 1.29 is 9.53 Å². The van der Waals surface area contributed by atoms with Crippen LogP contribution in [0.3, 0.4) is 0 Å². The molecule has 21 heavy (non-hydrogen) atoms. The minimum atomic E-state index is -0.453. The molecule has 0 aliphatic rings. The van der Waals surface area contributed by atoms with Gasteiger partial charge in [-0.15, -0.1) is 0 Å². The second kappa shape index (κ2) is 8.64. The van der Waals surface area contributed by atoms with Crippen LogP contribution < -0.4 is 15.4 Å². The van der Waals surface area contributed by atoms with Crippen LogP contribution in [0.1, 0.15) is 25.3 Å². The van der Waals surface area contributed by atoms with Crippen LogP contribution in [0.25, 0.3) is 0 Å². The molecule has 5 nitrogen and oxygen atoms in total. The molecule has 0 heterocycles. The fraction of sp³-hybridized carbons (Fsp3) is 0.375. The van der Waals surface area contributed by atoms with Gasteiger partial charge in [-0.25, -0.2) is 0 Å².